The zero-order valence-electron chi connectivity index (χ0n) is 19.6. The van der Waals surface area contributed by atoms with Crippen molar-refractivity contribution >= 4 is 17.6 Å². The lowest BCUT2D eigenvalue weighted by Crippen LogP contribution is -2.27. The van der Waals surface area contributed by atoms with Crippen molar-refractivity contribution < 1.29 is 14.1 Å². The van der Waals surface area contributed by atoms with E-state index in [-0.39, 0.29) is 29.2 Å². The largest absolute Gasteiger partial charge is 0.341 e. The Balaban J connectivity index is 1.46. The minimum absolute atomic E-state index is 0.0339. The lowest BCUT2D eigenvalue weighted by molar-refractivity contribution is -0.117. The Kier molecular flexibility index (Phi) is 6.01. The first-order valence-corrected chi connectivity index (χ1v) is 11.1. The highest BCUT2D eigenvalue weighted by atomic mass is 16.5. The molecular formula is C25H29N5O3. The summed E-state index contributed by atoms with van der Waals surface area (Å²) >= 11 is 0. The van der Waals surface area contributed by atoms with Gasteiger partial charge in [-0.3, -0.25) is 9.59 Å². The van der Waals surface area contributed by atoms with Gasteiger partial charge in [-0.05, 0) is 61.1 Å². The van der Waals surface area contributed by atoms with Crippen molar-refractivity contribution in [2.75, 3.05) is 5.32 Å². The molecule has 0 saturated heterocycles. The van der Waals surface area contributed by atoms with Gasteiger partial charge in [0.15, 0.2) is 5.82 Å². The van der Waals surface area contributed by atoms with Crippen molar-refractivity contribution in [1.29, 1.82) is 0 Å². The molecule has 2 heterocycles. The second-order valence-corrected chi connectivity index (χ2v) is 9.63. The molecule has 33 heavy (non-hydrogen) atoms. The number of benzene rings is 1. The van der Waals surface area contributed by atoms with Crippen molar-refractivity contribution in [3.05, 3.63) is 59.4 Å². The molecule has 2 amide bonds. The summed E-state index contributed by atoms with van der Waals surface area (Å²) < 4.78 is 5.15. The number of pyridine rings is 1. The van der Waals surface area contributed by atoms with Gasteiger partial charge >= 0.3 is 11.8 Å². The minimum Gasteiger partial charge on any atom is -0.341 e. The topological polar surface area (TPSA) is 110 Å². The third-order valence-electron chi connectivity index (χ3n) is 5.67. The summed E-state index contributed by atoms with van der Waals surface area (Å²) in [6.07, 6.45) is 3.59. The predicted octanol–water partition coefficient (Wildman–Crippen LogP) is 4.58. The van der Waals surface area contributed by atoms with Crippen LogP contribution in [-0.2, 0) is 10.2 Å². The number of amides is 2. The normalized spacial score (nSPS) is 14.6. The van der Waals surface area contributed by atoms with Gasteiger partial charge in [0.1, 0.15) is 5.82 Å². The van der Waals surface area contributed by atoms with E-state index in [0.29, 0.717) is 11.6 Å². The van der Waals surface area contributed by atoms with E-state index in [1.807, 2.05) is 58.9 Å². The number of rotatable bonds is 6. The zero-order chi connectivity index (χ0) is 23.8. The Hall–Kier alpha value is -3.55. The fourth-order valence-electron chi connectivity index (χ4n) is 3.55. The molecule has 8 heteroatoms. The third-order valence-corrected chi connectivity index (χ3v) is 5.67. The van der Waals surface area contributed by atoms with E-state index >= 15 is 0 Å². The highest BCUT2D eigenvalue weighted by Crippen LogP contribution is 2.31. The molecule has 0 radical (unpaired) electrons. The molecule has 2 N–H and O–H groups in total. The van der Waals surface area contributed by atoms with E-state index in [1.54, 1.807) is 6.20 Å². The van der Waals surface area contributed by atoms with Gasteiger partial charge in [0, 0.05) is 17.5 Å². The summed E-state index contributed by atoms with van der Waals surface area (Å²) in [4.78, 5) is 33.1. The average Bonchev–Trinajstić information content (AvgIpc) is 3.48. The summed E-state index contributed by atoms with van der Waals surface area (Å²) in [5.41, 5.74) is 3.68. The van der Waals surface area contributed by atoms with E-state index in [0.717, 1.165) is 35.1 Å². The van der Waals surface area contributed by atoms with Crippen LogP contribution in [0.2, 0.25) is 0 Å². The first kappa shape index (κ1) is 22.6. The molecule has 1 atom stereocenters. The average molecular weight is 448 g/mol. The summed E-state index contributed by atoms with van der Waals surface area (Å²) in [5, 5.41) is 9.73. The molecule has 4 rings (SSSR count). The summed E-state index contributed by atoms with van der Waals surface area (Å²) in [6.45, 7) is 9.79. The lowest BCUT2D eigenvalue weighted by Gasteiger charge is -2.17. The summed E-state index contributed by atoms with van der Waals surface area (Å²) in [7, 11) is 0. The molecule has 1 unspecified atom stereocenters. The maximum Gasteiger partial charge on any atom is 0.315 e. The molecule has 0 spiro atoms. The molecule has 0 bridgehead atoms. The second kappa shape index (κ2) is 8.77. The molecule has 2 aromatic heterocycles. The third kappa shape index (κ3) is 5.27. The van der Waals surface area contributed by atoms with Crippen LogP contribution in [0.3, 0.4) is 0 Å². The van der Waals surface area contributed by atoms with Crippen LogP contribution in [0, 0.1) is 12.8 Å². The molecular weight excluding hydrogens is 418 g/mol. The van der Waals surface area contributed by atoms with Crippen LogP contribution in [0.5, 0.6) is 0 Å². The molecule has 172 valence electrons. The van der Waals surface area contributed by atoms with Crippen LogP contribution in [0.4, 0.5) is 5.82 Å². The Morgan fingerprint density at radius 2 is 1.85 bits per heavy atom. The number of carbonyl (C=O) groups is 2. The number of nitrogens with zero attached hydrogens (tertiary/aromatic N) is 3. The van der Waals surface area contributed by atoms with Crippen molar-refractivity contribution in [3.8, 4) is 11.1 Å². The molecule has 1 aliphatic carbocycles. The van der Waals surface area contributed by atoms with Gasteiger partial charge in [-0.15, -0.1) is 0 Å². The fraction of sp³-hybridized carbons (Fsp3) is 0.400. The Labute approximate surface area is 193 Å². The fourth-order valence-corrected chi connectivity index (χ4v) is 3.55. The number of aryl methyl sites for hydroxylation is 1. The second-order valence-electron chi connectivity index (χ2n) is 9.63. The smallest absolute Gasteiger partial charge is 0.315 e. The Bertz CT molecular complexity index is 1190. The predicted molar refractivity (Wildman–Crippen MR) is 125 cm³/mol. The summed E-state index contributed by atoms with van der Waals surface area (Å²) in [6, 6.07) is 9.59. The van der Waals surface area contributed by atoms with E-state index in [4.69, 9.17) is 4.52 Å². The van der Waals surface area contributed by atoms with Crippen molar-refractivity contribution in [2.24, 2.45) is 5.92 Å². The van der Waals surface area contributed by atoms with Crippen LogP contribution in [0.25, 0.3) is 11.1 Å². The lowest BCUT2D eigenvalue weighted by atomic mass is 9.96. The Morgan fingerprint density at radius 1 is 1.12 bits per heavy atom. The van der Waals surface area contributed by atoms with Crippen molar-refractivity contribution in [2.45, 2.75) is 58.9 Å². The summed E-state index contributed by atoms with van der Waals surface area (Å²) in [5.74, 6) is 0.761. The van der Waals surface area contributed by atoms with E-state index < -0.39 is 5.91 Å². The maximum atomic E-state index is 12.6. The van der Waals surface area contributed by atoms with Crippen LogP contribution in [-0.4, -0.2) is 26.9 Å². The SMILES string of the molecule is Cc1cc(-c2ccnc(NC(=O)C3CC3)c2)ccc1C(C)NC(=O)c1nc(C(C)(C)C)no1. The van der Waals surface area contributed by atoms with Crippen molar-refractivity contribution in [1.82, 2.24) is 20.4 Å². The molecule has 3 aromatic rings. The molecule has 1 aromatic carbocycles. The number of anilines is 1. The van der Waals surface area contributed by atoms with Gasteiger partial charge in [0.2, 0.25) is 5.91 Å². The molecule has 1 saturated carbocycles. The first-order valence-electron chi connectivity index (χ1n) is 11.1. The van der Waals surface area contributed by atoms with E-state index in [2.05, 4.69) is 31.8 Å². The number of carbonyl (C=O) groups excluding carboxylic acids is 2. The highest BCUT2D eigenvalue weighted by molar-refractivity contribution is 5.93. The van der Waals surface area contributed by atoms with Crippen LogP contribution in [0.15, 0.2) is 41.1 Å². The molecule has 1 fully saturated rings. The number of hydrogen-bond donors (Lipinski definition) is 2. The molecule has 8 nitrogen and oxygen atoms in total. The van der Waals surface area contributed by atoms with Gasteiger partial charge in [0.05, 0.1) is 6.04 Å². The maximum absolute atomic E-state index is 12.6. The number of nitrogens with one attached hydrogen (secondary N) is 2. The van der Waals surface area contributed by atoms with Gasteiger partial charge in [-0.2, -0.15) is 4.98 Å². The van der Waals surface area contributed by atoms with E-state index in [9.17, 15) is 9.59 Å². The van der Waals surface area contributed by atoms with Gasteiger partial charge in [-0.25, -0.2) is 4.98 Å². The first-order chi connectivity index (χ1) is 15.6. The highest BCUT2D eigenvalue weighted by Gasteiger charge is 2.30. The van der Waals surface area contributed by atoms with Crippen molar-refractivity contribution in [3.63, 3.8) is 0 Å². The molecule has 0 aliphatic heterocycles. The monoisotopic (exact) mass is 447 g/mol. The van der Waals surface area contributed by atoms with Gasteiger partial charge < -0.3 is 15.2 Å². The molecule has 1 aliphatic rings. The van der Waals surface area contributed by atoms with Crippen LogP contribution >= 0.6 is 0 Å². The Morgan fingerprint density at radius 3 is 2.48 bits per heavy atom. The zero-order valence-corrected chi connectivity index (χ0v) is 19.6. The number of aromatic nitrogens is 3. The standard InChI is InChI=1S/C25H29N5O3/c1-14-12-17(18-10-11-26-20(13-18)28-21(31)16-6-7-16)8-9-19(14)15(2)27-22(32)23-29-24(30-33-23)25(3,4)5/h8-13,15-16H,6-7H2,1-5H3,(H,27,32)(H,26,28,31). The quantitative estimate of drug-likeness (QED) is 0.572. The minimum atomic E-state index is -0.404. The van der Waals surface area contributed by atoms with Gasteiger partial charge in [0.25, 0.3) is 0 Å². The van der Waals surface area contributed by atoms with Crippen LogP contribution < -0.4 is 10.6 Å². The van der Waals surface area contributed by atoms with Gasteiger partial charge in [-0.1, -0.05) is 44.1 Å². The van der Waals surface area contributed by atoms with E-state index in [1.165, 1.54) is 0 Å². The van der Waals surface area contributed by atoms with Crippen LogP contribution in [0.1, 0.15) is 74.2 Å². The number of hydrogen-bond acceptors (Lipinski definition) is 6.